The molecule has 106 valence electrons. The van der Waals surface area contributed by atoms with E-state index in [1.165, 1.54) is 11.3 Å². The van der Waals surface area contributed by atoms with Crippen LogP contribution in [0, 0.1) is 12.3 Å². The zero-order chi connectivity index (χ0) is 14.2. The molecule has 0 saturated carbocycles. The Morgan fingerprint density at radius 1 is 1.32 bits per heavy atom. The molecule has 1 aromatic carbocycles. The van der Waals surface area contributed by atoms with Gasteiger partial charge in [0, 0.05) is 25.2 Å². The molecule has 3 heteroatoms. The average Bonchev–Trinajstić information content (AvgIpc) is 2.32. The summed E-state index contributed by atoms with van der Waals surface area (Å²) < 4.78 is 0. The predicted molar refractivity (Wildman–Crippen MR) is 84.2 cm³/mol. The molecule has 2 atom stereocenters. The van der Waals surface area contributed by atoms with Crippen molar-refractivity contribution in [1.29, 1.82) is 0 Å². The van der Waals surface area contributed by atoms with Gasteiger partial charge in [0.15, 0.2) is 0 Å². The zero-order valence-electron chi connectivity index (χ0n) is 12.6. The lowest BCUT2D eigenvalue weighted by Gasteiger charge is -2.45. The van der Waals surface area contributed by atoms with Crippen LogP contribution in [-0.4, -0.2) is 25.2 Å². The Labute approximate surface area is 122 Å². The Morgan fingerprint density at radius 2 is 2.00 bits per heavy atom. The molecule has 1 fully saturated rings. The molecule has 0 bridgehead atoms. The first kappa shape index (κ1) is 14.7. The third-order valence-electron chi connectivity index (χ3n) is 4.03. The molecule has 2 rings (SSSR count). The highest BCUT2D eigenvalue weighted by molar-refractivity contribution is 6.33. The second-order valence-corrected chi connectivity index (χ2v) is 7.19. The maximum absolute atomic E-state index is 6.39. The Kier molecular flexibility index (Phi) is 4.12. The topological polar surface area (TPSA) is 15.3 Å². The quantitative estimate of drug-likeness (QED) is 0.840. The number of halogens is 1. The van der Waals surface area contributed by atoms with Crippen LogP contribution in [0.4, 0.5) is 5.69 Å². The Hall–Kier alpha value is -0.730. The molecule has 0 aliphatic carbocycles. The summed E-state index contributed by atoms with van der Waals surface area (Å²) in [5, 5.41) is 4.51. The maximum Gasteiger partial charge on any atom is 0.0639 e. The first-order valence-corrected chi connectivity index (χ1v) is 7.43. The monoisotopic (exact) mass is 280 g/mol. The minimum absolute atomic E-state index is 0.259. The second-order valence-electron chi connectivity index (χ2n) is 6.78. The molecular formula is C16H25ClN2. The zero-order valence-corrected chi connectivity index (χ0v) is 13.4. The third kappa shape index (κ3) is 3.24. The highest BCUT2D eigenvalue weighted by Gasteiger charge is 2.33. The summed E-state index contributed by atoms with van der Waals surface area (Å²) in [5.41, 5.74) is 2.69. The number of aryl methyl sites for hydroxylation is 1. The van der Waals surface area contributed by atoms with E-state index < -0.39 is 0 Å². The molecule has 0 radical (unpaired) electrons. The van der Waals surface area contributed by atoms with E-state index in [1.807, 2.05) is 6.07 Å². The first-order chi connectivity index (χ1) is 8.79. The van der Waals surface area contributed by atoms with E-state index in [0.29, 0.717) is 12.1 Å². The van der Waals surface area contributed by atoms with Crippen molar-refractivity contribution in [2.45, 2.75) is 46.7 Å². The van der Waals surface area contributed by atoms with Gasteiger partial charge in [-0.25, -0.2) is 0 Å². The maximum atomic E-state index is 6.39. The van der Waals surface area contributed by atoms with Crippen molar-refractivity contribution in [3.63, 3.8) is 0 Å². The molecule has 0 aromatic heterocycles. The van der Waals surface area contributed by atoms with Gasteiger partial charge in [-0.3, -0.25) is 0 Å². The van der Waals surface area contributed by atoms with Gasteiger partial charge in [0.1, 0.15) is 0 Å². The number of hydrogen-bond acceptors (Lipinski definition) is 2. The van der Waals surface area contributed by atoms with Gasteiger partial charge in [-0.1, -0.05) is 38.4 Å². The number of nitrogens with one attached hydrogen (secondary N) is 1. The van der Waals surface area contributed by atoms with Crippen LogP contribution in [0.2, 0.25) is 5.02 Å². The number of rotatable bonds is 1. The van der Waals surface area contributed by atoms with Crippen molar-refractivity contribution in [3.8, 4) is 0 Å². The first-order valence-electron chi connectivity index (χ1n) is 7.05. The summed E-state index contributed by atoms with van der Waals surface area (Å²) in [7, 11) is 0. The van der Waals surface area contributed by atoms with Crippen LogP contribution in [-0.2, 0) is 0 Å². The number of hydrogen-bond donors (Lipinski definition) is 1. The molecule has 1 N–H and O–H groups in total. The molecule has 1 aliphatic rings. The SMILES string of the molecule is Cc1ccc(Cl)c(N2CC(C(C)(C)C)NCC2C)c1. The van der Waals surface area contributed by atoms with Gasteiger partial charge < -0.3 is 10.2 Å². The number of anilines is 1. The average molecular weight is 281 g/mol. The number of piperazine rings is 1. The van der Waals surface area contributed by atoms with Crippen molar-refractivity contribution < 1.29 is 0 Å². The highest BCUT2D eigenvalue weighted by Crippen LogP contribution is 2.32. The molecular weight excluding hydrogens is 256 g/mol. The van der Waals surface area contributed by atoms with Gasteiger partial charge in [-0.05, 0) is 37.0 Å². The molecule has 0 amide bonds. The molecule has 1 saturated heterocycles. The second kappa shape index (κ2) is 5.34. The molecule has 19 heavy (non-hydrogen) atoms. The molecule has 2 unspecified atom stereocenters. The lowest BCUT2D eigenvalue weighted by molar-refractivity contribution is 0.239. The van der Waals surface area contributed by atoms with Gasteiger partial charge >= 0.3 is 0 Å². The van der Waals surface area contributed by atoms with E-state index in [9.17, 15) is 0 Å². The third-order valence-corrected chi connectivity index (χ3v) is 4.35. The fourth-order valence-corrected chi connectivity index (χ4v) is 2.85. The van der Waals surface area contributed by atoms with Crippen LogP contribution in [0.15, 0.2) is 18.2 Å². The minimum atomic E-state index is 0.259. The Balaban J connectivity index is 2.28. The summed E-state index contributed by atoms with van der Waals surface area (Å²) in [6, 6.07) is 7.23. The van der Waals surface area contributed by atoms with Gasteiger partial charge in [0.05, 0.1) is 10.7 Å². The van der Waals surface area contributed by atoms with Crippen LogP contribution in [0.3, 0.4) is 0 Å². The van der Waals surface area contributed by atoms with Crippen molar-refractivity contribution in [2.75, 3.05) is 18.0 Å². The van der Waals surface area contributed by atoms with E-state index in [-0.39, 0.29) is 5.41 Å². The summed E-state index contributed by atoms with van der Waals surface area (Å²) >= 11 is 6.39. The van der Waals surface area contributed by atoms with Crippen molar-refractivity contribution >= 4 is 17.3 Å². The van der Waals surface area contributed by atoms with Crippen molar-refractivity contribution in [3.05, 3.63) is 28.8 Å². The number of nitrogens with zero attached hydrogens (tertiary/aromatic N) is 1. The van der Waals surface area contributed by atoms with E-state index in [4.69, 9.17) is 11.6 Å². The molecule has 2 nitrogen and oxygen atoms in total. The van der Waals surface area contributed by atoms with Crippen LogP contribution >= 0.6 is 11.6 Å². The van der Waals surface area contributed by atoms with E-state index in [0.717, 1.165) is 18.1 Å². The predicted octanol–water partition coefficient (Wildman–Crippen LogP) is 3.86. The molecule has 0 spiro atoms. The number of benzene rings is 1. The summed E-state index contributed by atoms with van der Waals surface area (Å²) in [5.74, 6) is 0. The molecule has 1 aliphatic heterocycles. The molecule has 1 aromatic rings. The van der Waals surface area contributed by atoms with Crippen LogP contribution in [0.5, 0.6) is 0 Å². The standard InChI is InChI=1S/C16H25ClN2/c1-11-6-7-13(17)14(8-11)19-10-15(16(3,4)5)18-9-12(19)2/h6-8,12,15,18H,9-10H2,1-5H3. The van der Waals surface area contributed by atoms with E-state index in [1.54, 1.807) is 0 Å². The largest absolute Gasteiger partial charge is 0.365 e. The Morgan fingerprint density at radius 3 is 2.63 bits per heavy atom. The van der Waals surface area contributed by atoms with Gasteiger partial charge in [-0.15, -0.1) is 0 Å². The minimum Gasteiger partial charge on any atom is -0.365 e. The van der Waals surface area contributed by atoms with E-state index >= 15 is 0 Å². The lowest BCUT2D eigenvalue weighted by Crippen LogP contribution is -2.59. The van der Waals surface area contributed by atoms with Crippen molar-refractivity contribution in [1.82, 2.24) is 5.32 Å². The van der Waals surface area contributed by atoms with E-state index in [2.05, 4.69) is 57.0 Å². The smallest absolute Gasteiger partial charge is 0.0639 e. The summed E-state index contributed by atoms with van der Waals surface area (Å²) in [6.45, 7) is 13.3. The van der Waals surface area contributed by atoms with Gasteiger partial charge in [-0.2, -0.15) is 0 Å². The molecule has 1 heterocycles. The van der Waals surface area contributed by atoms with Crippen LogP contribution < -0.4 is 10.2 Å². The van der Waals surface area contributed by atoms with Crippen LogP contribution in [0.1, 0.15) is 33.3 Å². The van der Waals surface area contributed by atoms with Gasteiger partial charge in [0.2, 0.25) is 0 Å². The Bertz CT molecular complexity index is 451. The normalized spacial score (nSPS) is 24.6. The lowest BCUT2D eigenvalue weighted by atomic mass is 9.84. The van der Waals surface area contributed by atoms with Gasteiger partial charge in [0.25, 0.3) is 0 Å². The fraction of sp³-hybridized carbons (Fsp3) is 0.625. The summed E-state index contributed by atoms with van der Waals surface area (Å²) in [4.78, 5) is 2.45. The van der Waals surface area contributed by atoms with Crippen LogP contribution in [0.25, 0.3) is 0 Å². The van der Waals surface area contributed by atoms with Crippen molar-refractivity contribution in [2.24, 2.45) is 5.41 Å². The highest BCUT2D eigenvalue weighted by atomic mass is 35.5. The summed E-state index contributed by atoms with van der Waals surface area (Å²) in [6.07, 6.45) is 0. The fourth-order valence-electron chi connectivity index (χ4n) is 2.62.